The van der Waals surface area contributed by atoms with Gasteiger partial charge >= 0.3 is 0 Å². The van der Waals surface area contributed by atoms with Gasteiger partial charge in [-0.3, -0.25) is 4.79 Å². The molecule has 0 radical (unpaired) electrons. The molecule has 7 nitrogen and oxygen atoms in total. The molecular formula is C16H14N6O. The minimum atomic E-state index is -0.200. The number of rotatable bonds is 5. The molecule has 0 aliphatic rings. The molecule has 2 aromatic heterocycles. The van der Waals surface area contributed by atoms with E-state index in [0.717, 1.165) is 11.3 Å². The maximum atomic E-state index is 11.7. The van der Waals surface area contributed by atoms with Crippen molar-refractivity contribution >= 4 is 17.5 Å². The van der Waals surface area contributed by atoms with Crippen molar-refractivity contribution < 1.29 is 4.79 Å². The second-order valence-electron chi connectivity index (χ2n) is 4.70. The minimum Gasteiger partial charge on any atom is -0.361 e. The van der Waals surface area contributed by atoms with Crippen molar-refractivity contribution in [3.05, 3.63) is 42.7 Å². The van der Waals surface area contributed by atoms with E-state index in [9.17, 15) is 4.79 Å². The number of hydrogen-bond donors (Lipinski definition) is 2. The number of hydrogen-bond acceptors (Lipinski definition) is 5. The number of nitrogens with one attached hydrogen (secondary N) is 2. The van der Waals surface area contributed by atoms with Crippen molar-refractivity contribution in [1.29, 1.82) is 0 Å². The van der Waals surface area contributed by atoms with Crippen LogP contribution >= 0.6 is 0 Å². The van der Waals surface area contributed by atoms with Gasteiger partial charge in [0.05, 0.1) is 18.8 Å². The van der Waals surface area contributed by atoms with Crippen molar-refractivity contribution in [3.63, 3.8) is 0 Å². The Balaban J connectivity index is 1.88. The van der Waals surface area contributed by atoms with Gasteiger partial charge < -0.3 is 10.6 Å². The maximum Gasteiger partial charge on any atom is 0.254 e. The van der Waals surface area contributed by atoms with Crippen LogP contribution in [0.25, 0.3) is 17.0 Å². The van der Waals surface area contributed by atoms with Crippen molar-refractivity contribution in [3.8, 4) is 23.6 Å². The van der Waals surface area contributed by atoms with Crippen molar-refractivity contribution in [2.24, 2.45) is 0 Å². The Hall–Kier alpha value is -3.40. The largest absolute Gasteiger partial charge is 0.361 e. The summed E-state index contributed by atoms with van der Waals surface area (Å²) < 4.78 is 1.54. The summed E-state index contributed by atoms with van der Waals surface area (Å²) in [7, 11) is 0. The first kappa shape index (κ1) is 14.5. The van der Waals surface area contributed by atoms with E-state index in [2.05, 4.69) is 31.6 Å². The number of carbonyl (C=O) groups excluding carboxylic acids is 1. The number of nitrogens with zero attached hydrogens (tertiary/aromatic N) is 4. The summed E-state index contributed by atoms with van der Waals surface area (Å²) in [5.41, 5.74) is 1.70. The highest BCUT2D eigenvalue weighted by molar-refractivity contribution is 5.81. The quantitative estimate of drug-likeness (QED) is 0.686. The number of terminal acetylenes is 1. The van der Waals surface area contributed by atoms with Gasteiger partial charge in [-0.05, 0) is 0 Å². The zero-order chi connectivity index (χ0) is 16.1. The normalized spacial score (nSPS) is 10.2. The van der Waals surface area contributed by atoms with E-state index in [1.165, 1.54) is 6.33 Å². The van der Waals surface area contributed by atoms with Crippen LogP contribution in [-0.2, 0) is 4.79 Å². The zero-order valence-electron chi connectivity index (χ0n) is 12.2. The zero-order valence-corrected chi connectivity index (χ0v) is 12.2. The second-order valence-corrected chi connectivity index (χ2v) is 4.70. The highest BCUT2D eigenvalue weighted by Gasteiger charge is 2.10. The molecule has 0 aliphatic heterocycles. The standard InChI is InChI=1S/C16H14N6O/c1-2-8-17-15(23)10-18-14-9-13(12-6-4-3-5-7-12)21-16-19-11-20-22(14)16/h1,3-7,9,11,18H,8,10H2,(H,17,23). The summed E-state index contributed by atoms with van der Waals surface area (Å²) in [6, 6.07) is 11.5. The van der Waals surface area contributed by atoms with Crippen LogP contribution in [0.2, 0.25) is 0 Å². The van der Waals surface area contributed by atoms with Crippen LogP contribution < -0.4 is 10.6 Å². The molecule has 1 amide bonds. The lowest BCUT2D eigenvalue weighted by atomic mass is 10.1. The Morgan fingerprint density at radius 3 is 2.91 bits per heavy atom. The molecule has 0 fully saturated rings. The van der Waals surface area contributed by atoms with Crippen LogP contribution in [-0.4, -0.2) is 38.6 Å². The Morgan fingerprint density at radius 1 is 1.30 bits per heavy atom. The molecule has 3 aromatic rings. The second kappa shape index (κ2) is 6.58. The predicted molar refractivity (Wildman–Crippen MR) is 86.6 cm³/mol. The lowest BCUT2D eigenvalue weighted by molar-refractivity contribution is -0.119. The fourth-order valence-electron chi connectivity index (χ4n) is 2.08. The third-order valence-electron chi connectivity index (χ3n) is 3.14. The molecule has 0 spiro atoms. The third-order valence-corrected chi connectivity index (χ3v) is 3.14. The monoisotopic (exact) mass is 306 g/mol. The number of aromatic nitrogens is 4. The Bertz CT molecular complexity index is 865. The van der Waals surface area contributed by atoms with Gasteiger partial charge in [0.15, 0.2) is 0 Å². The van der Waals surface area contributed by atoms with E-state index in [-0.39, 0.29) is 19.0 Å². The van der Waals surface area contributed by atoms with Crippen LogP contribution in [0.15, 0.2) is 42.7 Å². The van der Waals surface area contributed by atoms with Gasteiger partial charge in [0.1, 0.15) is 12.1 Å². The van der Waals surface area contributed by atoms with E-state index in [1.54, 1.807) is 4.52 Å². The molecule has 1 aromatic carbocycles. The average Bonchev–Trinajstić information content (AvgIpc) is 3.07. The molecule has 0 atom stereocenters. The lowest BCUT2D eigenvalue weighted by Crippen LogP contribution is -2.30. The lowest BCUT2D eigenvalue weighted by Gasteiger charge is -2.09. The van der Waals surface area contributed by atoms with Crippen LogP contribution in [0.3, 0.4) is 0 Å². The number of amides is 1. The third kappa shape index (κ3) is 3.27. The molecule has 0 saturated heterocycles. The topological polar surface area (TPSA) is 84.2 Å². The molecule has 2 heterocycles. The van der Waals surface area contributed by atoms with Crippen LogP contribution in [0.1, 0.15) is 0 Å². The van der Waals surface area contributed by atoms with Crippen LogP contribution in [0, 0.1) is 12.3 Å². The first-order valence-corrected chi connectivity index (χ1v) is 6.98. The van der Waals surface area contributed by atoms with Crippen LogP contribution in [0.5, 0.6) is 0 Å². The maximum absolute atomic E-state index is 11.7. The van der Waals surface area contributed by atoms with Crippen LogP contribution in [0.4, 0.5) is 5.82 Å². The van der Waals surface area contributed by atoms with Gasteiger partial charge in [0.2, 0.25) is 5.91 Å². The molecule has 3 rings (SSSR count). The van der Waals surface area contributed by atoms with Gasteiger partial charge in [-0.1, -0.05) is 36.3 Å². The molecule has 2 N–H and O–H groups in total. The van der Waals surface area contributed by atoms with Gasteiger partial charge in [0, 0.05) is 11.6 Å². The predicted octanol–water partition coefficient (Wildman–Crippen LogP) is 0.953. The van der Waals surface area contributed by atoms with Gasteiger partial charge in [0.25, 0.3) is 5.78 Å². The first-order chi connectivity index (χ1) is 11.3. The molecule has 23 heavy (non-hydrogen) atoms. The Labute approximate surface area is 132 Å². The van der Waals surface area contributed by atoms with E-state index in [0.29, 0.717) is 11.6 Å². The first-order valence-electron chi connectivity index (χ1n) is 6.98. The average molecular weight is 306 g/mol. The van der Waals surface area contributed by atoms with E-state index < -0.39 is 0 Å². The summed E-state index contributed by atoms with van der Waals surface area (Å²) in [5, 5.41) is 9.73. The molecule has 0 unspecified atom stereocenters. The van der Waals surface area contributed by atoms with Crippen molar-refractivity contribution in [2.75, 3.05) is 18.4 Å². The van der Waals surface area contributed by atoms with Gasteiger partial charge in [-0.15, -0.1) is 6.42 Å². The Morgan fingerprint density at radius 2 is 2.13 bits per heavy atom. The number of anilines is 1. The van der Waals surface area contributed by atoms with E-state index >= 15 is 0 Å². The van der Waals surface area contributed by atoms with E-state index in [4.69, 9.17) is 6.42 Å². The SMILES string of the molecule is C#CCNC(=O)CNc1cc(-c2ccccc2)nc2ncnn12. The summed E-state index contributed by atoms with van der Waals surface area (Å²) in [5.74, 6) is 3.24. The van der Waals surface area contributed by atoms with E-state index in [1.807, 2.05) is 36.4 Å². The molecule has 114 valence electrons. The number of fused-ring (bicyclic) bond motifs is 1. The highest BCUT2D eigenvalue weighted by Crippen LogP contribution is 2.20. The molecule has 0 bridgehead atoms. The van der Waals surface area contributed by atoms with Crippen molar-refractivity contribution in [2.45, 2.75) is 0 Å². The Kier molecular flexibility index (Phi) is 4.16. The molecule has 7 heteroatoms. The molecule has 0 saturated carbocycles. The highest BCUT2D eigenvalue weighted by atomic mass is 16.1. The fraction of sp³-hybridized carbons (Fsp3) is 0.125. The summed E-state index contributed by atoms with van der Waals surface area (Å²) >= 11 is 0. The molecular weight excluding hydrogens is 292 g/mol. The number of carbonyl (C=O) groups is 1. The molecule has 0 aliphatic carbocycles. The van der Waals surface area contributed by atoms with Gasteiger partial charge in [-0.2, -0.15) is 14.6 Å². The smallest absolute Gasteiger partial charge is 0.254 e. The summed E-state index contributed by atoms with van der Waals surface area (Å²) in [6.07, 6.45) is 6.53. The summed E-state index contributed by atoms with van der Waals surface area (Å²) in [6.45, 7) is 0.278. The van der Waals surface area contributed by atoms with Crippen molar-refractivity contribution in [1.82, 2.24) is 24.9 Å². The summed E-state index contributed by atoms with van der Waals surface area (Å²) in [4.78, 5) is 20.3. The fourth-order valence-corrected chi connectivity index (χ4v) is 2.08. The minimum absolute atomic E-state index is 0.0783. The number of benzene rings is 1. The van der Waals surface area contributed by atoms with Gasteiger partial charge in [-0.25, -0.2) is 4.98 Å².